The number of unbranched alkanes of at least 4 members (excludes halogenated alkanes) is 10. The van der Waals surface area contributed by atoms with Crippen LogP contribution in [0.2, 0.25) is 0 Å². The van der Waals surface area contributed by atoms with Gasteiger partial charge < -0.3 is 14.9 Å². The van der Waals surface area contributed by atoms with Crippen LogP contribution in [0.3, 0.4) is 0 Å². The molecule has 0 amide bonds. The van der Waals surface area contributed by atoms with E-state index in [0.717, 1.165) is 25.7 Å². The Bertz CT molecular complexity index is 287. The zero-order chi connectivity index (χ0) is 16.5. The van der Waals surface area contributed by atoms with Gasteiger partial charge in [0.05, 0.1) is 18.4 Å². The number of hydrogen-bond acceptors (Lipinski definition) is 4. The zero-order valence-corrected chi connectivity index (χ0v) is 14.2. The highest BCUT2D eigenvalue weighted by molar-refractivity contribution is 5.82. The molecule has 0 rings (SSSR count). The first-order chi connectivity index (χ1) is 10.7. The largest absolute Gasteiger partial charge is 0.512 e. The van der Waals surface area contributed by atoms with Gasteiger partial charge in [0.1, 0.15) is 0 Å². The molecule has 4 heteroatoms. The minimum atomic E-state index is -0.459. The maximum absolute atomic E-state index is 11.1. The van der Waals surface area contributed by atoms with Crippen molar-refractivity contribution < 1.29 is 19.7 Å². The van der Waals surface area contributed by atoms with Crippen molar-refractivity contribution in [2.45, 2.75) is 84.0 Å². The van der Waals surface area contributed by atoms with Crippen molar-refractivity contribution in [1.29, 1.82) is 0 Å². The average molecular weight is 314 g/mol. The molecular weight excluding hydrogens is 280 g/mol. The van der Waals surface area contributed by atoms with Gasteiger partial charge in [-0.15, -0.1) is 0 Å². The van der Waals surface area contributed by atoms with Gasteiger partial charge in [-0.1, -0.05) is 57.8 Å². The molecule has 130 valence electrons. The van der Waals surface area contributed by atoms with Crippen LogP contribution in [0.25, 0.3) is 0 Å². The van der Waals surface area contributed by atoms with E-state index < -0.39 is 5.97 Å². The first kappa shape index (κ1) is 21.0. The highest BCUT2D eigenvalue weighted by Crippen LogP contribution is 2.13. The standard InChI is InChI=1S/C18H34O4/c1-2-22-18(21)16-17(20)14-12-10-8-6-4-3-5-7-9-11-13-15-19/h16,19-20H,2-15H2,1H3. The SMILES string of the molecule is CCOC(=O)C=C(O)CCCCCCCCCCCCCO. The molecule has 0 spiro atoms. The number of esters is 1. The van der Waals surface area contributed by atoms with Gasteiger partial charge >= 0.3 is 5.97 Å². The third-order valence-electron chi connectivity index (χ3n) is 3.66. The summed E-state index contributed by atoms with van der Waals surface area (Å²) in [5.74, 6) is -0.333. The fourth-order valence-corrected chi connectivity index (χ4v) is 2.40. The Balaban J connectivity index is 3.28. The summed E-state index contributed by atoms with van der Waals surface area (Å²) in [6.07, 6.45) is 14.7. The lowest BCUT2D eigenvalue weighted by Gasteiger charge is -2.03. The van der Waals surface area contributed by atoms with E-state index in [1.165, 1.54) is 51.0 Å². The van der Waals surface area contributed by atoms with Crippen molar-refractivity contribution in [2.75, 3.05) is 13.2 Å². The van der Waals surface area contributed by atoms with Crippen molar-refractivity contribution in [2.24, 2.45) is 0 Å². The van der Waals surface area contributed by atoms with Crippen LogP contribution in [0.15, 0.2) is 11.8 Å². The fraction of sp³-hybridized carbons (Fsp3) is 0.833. The second-order valence-corrected chi connectivity index (χ2v) is 5.75. The minimum Gasteiger partial charge on any atom is -0.512 e. The first-order valence-corrected chi connectivity index (χ1v) is 8.87. The van der Waals surface area contributed by atoms with Gasteiger partial charge in [-0.25, -0.2) is 4.79 Å². The van der Waals surface area contributed by atoms with Crippen molar-refractivity contribution in [3.8, 4) is 0 Å². The number of ether oxygens (including phenoxy) is 1. The maximum atomic E-state index is 11.1. The quantitative estimate of drug-likeness (QED) is 0.199. The Labute approximate surface area is 135 Å². The van der Waals surface area contributed by atoms with Crippen molar-refractivity contribution in [3.05, 3.63) is 11.8 Å². The monoisotopic (exact) mass is 314 g/mol. The van der Waals surface area contributed by atoms with E-state index in [1.54, 1.807) is 6.92 Å². The fourth-order valence-electron chi connectivity index (χ4n) is 2.40. The van der Waals surface area contributed by atoms with Crippen LogP contribution in [0.5, 0.6) is 0 Å². The molecule has 0 aliphatic heterocycles. The molecule has 0 saturated carbocycles. The number of rotatable bonds is 15. The summed E-state index contributed by atoms with van der Waals surface area (Å²) in [7, 11) is 0. The van der Waals surface area contributed by atoms with Crippen LogP contribution < -0.4 is 0 Å². The molecule has 2 N–H and O–H groups in total. The Kier molecular flexibility index (Phi) is 15.6. The summed E-state index contributed by atoms with van der Waals surface area (Å²) in [5, 5.41) is 18.2. The van der Waals surface area contributed by atoms with Crippen LogP contribution in [-0.2, 0) is 9.53 Å². The average Bonchev–Trinajstić information content (AvgIpc) is 2.48. The van der Waals surface area contributed by atoms with E-state index in [0.29, 0.717) is 19.6 Å². The summed E-state index contributed by atoms with van der Waals surface area (Å²) in [5.41, 5.74) is 0. The number of aliphatic hydroxyl groups is 2. The van der Waals surface area contributed by atoms with Gasteiger partial charge in [0.15, 0.2) is 0 Å². The van der Waals surface area contributed by atoms with Crippen LogP contribution >= 0.6 is 0 Å². The van der Waals surface area contributed by atoms with E-state index in [9.17, 15) is 9.90 Å². The third-order valence-corrected chi connectivity index (χ3v) is 3.66. The Hall–Kier alpha value is -1.03. The predicted molar refractivity (Wildman–Crippen MR) is 89.8 cm³/mol. The van der Waals surface area contributed by atoms with Crippen molar-refractivity contribution in [1.82, 2.24) is 0 Å². The predicted octanol–water partition coefficient (Wildman–Crippen LogP) is 4.66. The molecule has 0 radical (unpaired) electrons. The number of carbonyl (C=O) groups excluding carboxylic acids is 1. The summed E-state index contributed by atoms with van der Waals surface area (Å²) in [6.45, 7) is 2.41. The molecule has 0 aromatic rings. The summed E-state index contributed by atoms with van der Waals surface area (Å²) in [4.78, 5) is 11.1. The lowest BCUT2D eigenvalue weighted by Crippen LogP contribution is -2.01. The molecule has 0 bridgehead atoms. The highest BCUT2D eigenvalue weighted by atomic mass is 16.5. The van der Waals surface area contributed by atoms with Crippen LogP contribution in [0.4, 0.5) is 0 Å². The summed E-state index contributed by atoms with van der Waals surface area (Å²) < 4.78 is 4.74. The van der Waals surface area contributed by atoms with Gasteiger partial charge in [-0.05, 0) is 19.8 Å². The molecule has 0 fully saturated rings. The van der Waals surface area contributed by atoms with Crippen molar-refractivity contribution >= 4 is 5.97 Å². The molecule has 0 unspecified atom stereocenters. The van der Waals surface area contributed by atoms with E-state index in [1.807, 2.05) is 0 Å². The lowest BCUT2D eigenvalue weighted by atomic mass is 10.0. The lowest BCUT2D eigenvalue weighted by molar-refractivity contribution is -0.137. The van der Waals surface area contributed by atoms with Gasteiger partial charge in [-0.3, -0.25) is 0 Å². The molecule has 0 saturated heterocycles. The van der Waals surface area contributed by atoms with Crippen molar-refractivity contribution in [3.63, 3.8) is 0 Å². The minimum absolute atomic E-state index is 0.126. The molecule has 4 nitrogen and oxygen atoms in total. The van der Waals surface area contributed by atoms with E-state index in [-0.39, 0.29) is 5.76 Å². The molecule has 0 atom stereocenters. The summed E-state index contributed by atoms with van der Waals surface area (Å²) in [6, 6.07) is 0. The molecular formula is C18H34O4. The molecule has 0 aliphatic rings. The van der Waals surface area contributed by atoms with Gasteiger partial charge in [0.2, 0.25) is 0 Å². The second-order valence-electron chi connectivity index (χ2n) is 5.75. The normalized spacial score (nSPS) is 11.6. The Morgan fingerprint density at radius 1 is 0.864 bits per heavy atom. The van der Waals surface area contributed by atoms with Crippen LogP contribution in [-0.4, -0.2) is 29.4 Å². The molecule has 22 heavy (non-hydrogen) atoms. The zero-order valence-electron chi connectivity index (χ0n) is 14.2. The Morgan fingerprint density at radius 2 is 1.32 bits per heavy atom. The summed E-state index contributed by atoms with van der Waals surface area (Å²) >= 11 is 0. The highest BCUT2D eigenvalue weighted by Gasteiger charge is 2.00. The van der Waals surface area contributed by atoms with Crippen LogP contribution in [0.1, 0.15) is 84.0 Å². The van der Waals surface area contributed by atoms with Gasteiger partial charge in [0.25, 0.3) is 0 Å². The first-order valence-electron chi connectivity index (χ1n) is 8.87. The third kappa shape index (κ3) is 15.4. The van der Waals surface area contributed by atoms with Gasteiger partial charge in [0, 0.05) is 13.0 Å². The number of carbonyl (C=O) groups is 1. The number of aliphatic hydroxyl groups excluding tert-OH is 2. The second kappa shape index (κ2) is 16.3. The van der Waals surface area contributed by atoms with E-state index in [2.05, 4.69) is 0 Å². The molecule has 0 aromatic carbocycles. The van der Waals surface area contributed by atoms with Gasteiger partial charge in [-0.2, -0.15) is 0 Å². The topological polar surface area (TPSA) is 66.8 Å². The van der Waals surface area contributed by atoms with E-state index in [4.69, 9.17) is 9.84 Å². The maximum Gasteiger partial charge on any atom is 0.334 e. The number of hydrogen-bond donors (Lipinski definition) is 2. The van der Waals surface area contributed by atoms with E-state index >= 15 is 0 Å². The molecule has 0 aliphatic carbocycles. The molecule has 0 aromatic heterocycles. The smallest absolute Gasteiger partial charge is 0.334 e. The Morgan fingerprint density at radius 3 is 1.77 bits per heavy atom. The number of allylic oxidation sites excluding steroid dienone is 1. The molecule has 0 heterocycles. The van der Waals surface area contributed by atoms with Crippen LogP contribution in [0, 0.1) is 0 Å².